The lowest BCUT2D eigenvalue weighted by molar-refractivity contribution is -0.129. The average molecular weight is 269 g/mol. The molecule has 1 aromatic carbocycles. The van der Waals surface area contributed by atoms with Crippen LogP contribution in [0, 0.1) is 11.6 Å². The number of nitrogens with zero attached hydrogens (tertiary/aromatic N) is 1. The molecule has 2 N–H and O–H groups in total. The van der Waals surface area contributed by atoms with Crippen molar-refractivity contribution in [3.63, 3.8) is 0 Å². The molecule has 1 fully saturated rings. The Kier molecular flexibility index (Phi) is 3.13. The Labute approximate surface area is 108 Å². The first-order chi connectivity index (χ1) is 8.81. The minimum atomic E-state index is -0.998. The maximum atomic E-state index is 13.0. The summed E-state index contributed by atoms with van der Waals surface area (Å²) in [4.78, 5) is 24.4. The second-order valence-corrected chi connectivity index (χ2v) is 4.75. The fraction of sp³-hybridized carbons (Fsp3) is 0.333. The maximum Gasteiger partial charge on any atom is 0.326 e. The van der Waals surface area contributed by atoms with E-state index in [0.29, 0.717) is 0 Å². The second-order valence-electron chi connectivity index (χ2n) is 4.75. The average Bonchev–Trinajstić information content (AvgIpc) is 2.51. The number of halogens is 2. The van der Waals surface area contributed by atoms with Gasteiger partial charge in [0.2, 0.25) is 0 Å². The molecule has 1 aromatic rings. The van der Waals surface area contributed by atoms with E-state index in [1.807, 2.05) is 0 Å². The van der Waals surface area contributed by atoms with E-state index >= 15 is 0 Å². The van der Waals surface area contributed by atoms with Crippen molar-refractivity contribution in [3.05, 3.63) is 29.8 Å². The summed E-state index contributed by atoms with van der Waals surface area (Å²) in [6.45, 7) is 3.06. The number of imide groups is 1. The summed E-state index contributed by atoms with van der Waals surface area (Å²) in [5.74, 6) is -2.34. The Hall–Kier alpha value is -2.18. The quantitative estimate of drug-likeness (QED) is 0.820. The van der Waals surface area contributed by atoms with Crippen LogP contribution in [-0.4, -0.2) is 29.0 Å². The zero-order valence-electron chi connectivity index (χ0n) is 10.5. The number of hydrogen-bond donors (Lipinski definition) is 2. The highest BCUT2D eigenvalue weighted by Crippen LogP contribution is 2.17. The normalized spacial score (nSPS) is 17.6. The first kappa shape index (κ1) is 13.3. The van der Waals surface area contributed by atoms with Crippen LogP contribution in [0.4, 0.5) is 19.3 Å². The lowest BCUT2D eigenvalue weighted by Gasteiger charge is -2.17. The van der Waals surface area contributed by atoms with Crippen molar-refractivity contribution in [2.75, 3.05) is 12.0 Å². The van der Waals surface area contributed by atoms with Crippen LogP contribution < -0.4 is 10.6 Å². The summed E-state index contributed by atoms with van der Waals surface area (Å²) < 4.78 is 25.7. The number of benzene rings is 1. The molecule has 1 aliphatic heterocycles. The van der Waals surface area contributed by atoms with Crippen LogP contribution in [0.15, 0.2) is 18.2 Å². The molecule has 3 amide bonds. The molecule has 0 radical (unpaired) electrons. The van der Waals surface area contributed by atoms with E-state index in [0.717, 1.165) is 17.0 Å². The smallest absolute Gasteiger partial charge is 0.326 e. The van der Waals surface area contributed by atoms with Gasteiger partial charge in [0, 0.05) is 11.8 Å². The molecule has 102 valence electrons. The fourth-order valence-electron chi connectivity index (χ4n) is 1.74. The molecule has 5 nitrogen and oxygen atoms in total. The van der Waals surface area contributed by atoms with Crippen molar-refractivity contribution in [2.45, 2.75) is 19.4 Å². The first-order valence-electron chi connectivity index (χ1n) is 5.64. The lowest BCUT2D eigenvalue weighted by Crippen LogP contribution is -2.41. The van der Waals surface area contributed by atoms with Crippen LogP contribution in [0.25, 0.3) is 0 Å². The number of nitrogens with one attached hydrogen (secondary N) is 2. The van der Waals surface area contributed by atoms with E-state index in [4.69, 9.17) is 0 Å². The minimum Gasteiger partial charge on any atom is -0.367 e. The van der Waals surface area contributed by atoms with E-state index in [9.17, 15) is 18.4 Å². The van der Waals surface area contributed by atoms with Gasteiger partial charge in [-0.15, -0.1) is 0 Å². The van der Waals surface area contributed by atoms with Crippen LogP contribution >= 0.6 is 0 Å². The predicted molar refractivity (Wildman–Crippen MR) is 64.3 cm³/mol. The van der Waals surface area contributed by atoms with Gasteiger partial charge in [-0.05, 0) is 26.0 Å². The number of carbonyl (C=O) groups is 2. The predicted octanol–water partition coefficient (Wildman–Crippen LogP) is 1.66. The molecule has 0 unspecified atom stereocenters. The third-order valence-electron chi connectivity index (χ3n) is 2.81. The van der Waals surface area contributed by atoms with Crippen LogP contribution in [-0.2, 0) is 4.79 Å². The topological polar surface area (TPSA) is 61.4 Å². The molecule has 0 spiro atoms. The van der Waals surface area contributed by atoms with Crippen LogP contribution in [0.1, 0.15) is 13.8 Å². The molecule has 0 aliphatic carbocycles. The van der Waals surface area contributed by atoms with Crippen LogP contribution in [0.2, 0.25) is 0 Å². The van der Waals surface area contributed by atoms with Crippen molar-refractivity contribution in [1.29, 1.82) is 0 Å². The SMILES string of the molecule is CC1(C)NC(=O)N(CNc2ccc(F)c(F)c2)C1=O. The van der Waals surface area contributed by atoms with E-state index in [1.165, 1.54) is 6.07 Å². The summed E-state index contributed by atoms with van der Waals surface area (Å²) in [6.07, 6.45) is 0. The van der Waals surface area contributed by atoms with Gasteiger partial charge in [0.15, 0.2) is 11.6 Å². The molecule has 19 heavy (non-hydrogen) atoms. The Bertz CT molecular complexity index is 546. The highest BCUT2D eigenvalue weighted by atomic mass is 19.2. The number of rotatable bonds is 3. The summed E-state index contributed by atoms with van der Waals surface area (Å²) in [6, 6.07) is 2.72. The Morgan fingerprint density at radius 3 is 2.47 bits per heavy atom. The minimum absolute atomic E-state index is 0.112. The van der Waals surface area contributed by atoms with Gasteiger partial charge in [0.25, 0.3) is 5.91 Å². The Morgan fingerprint density at radius 1 is 1.26 bits per heavy atom. The van der Waals surface area contributed by atoms with Gasteiger partial charge < -0.3 is 10.6 Å². The summed E-state index contributed by atoms with van der Waals surface area (Å²) in [5, 5.41) is 5.20. The number of amides is 3. The molecule has 0 atom stereocenters. The monoisotopic (exact) mass is 269 g/mol. The second kappa shape index (κ2) is 4.49. The van der Waals surface area contributed by atoms with E-state index in [2.05, 4.69) is 10.6 Å². The lowest BCUT2D eigenvalue weighted by atomic mass is 10.1. The van der Waals surface area contributed by atoms with Gasteiger partial charge in [-0.1, -0.05) is 0 Å². The third-order valence-corrected chi connectivity index (χ3v) is 2.81. The molecular formula is C12H13F2N3O2. The van der Waals surface area contributed by atoms with E-state index < -0.39 is 23.2 Å². The molecular weight excluding hydrogens is 256 g/mol. The van der Waals surface area contributed by atoms with Crippen molar-refractivity contribution < 1.29 is 18.4 Å². The molecule has 7 heteroatoms. The van der Waals surface area contributed by atoms with E-state index in [-0.39, 0.29) is 18.3 Å². The number of carbonyl (C=O) groups excluding carboxylic acids is 2. The molecule has 1 heterocycles. The molecule has 2 rings (SSSR count). The molecule has 0 bridgehead atoms. The van der Waals surface area contributed by atoms with Crippen LogP contribution in [0.3, 0.4) is 0 Å². The van der Waals surface area contributed by atoms with Gasteiger partial charge >= 0.3 is 6.03 Å². The highest BCUT2D eigenvalue weighted by Gasteiger charge is 2.43. The van der Waals surface area contributed by atoms with Crippen molar-refractivity contribution in [2.24, 2.45) is 0 Å². The molecule has 0 saturated carbocycles. The number of anilines is 1. The molecule has 1 saturated heterocycles. The third kappa shape index (κ3) is 2.49. The van der Waals surface area contributed by atoms with Gasteiger partial charge in [-0.2, -0.15) is 0 Å². The highest BCUT2D eigenvalue weighted by molar-refractivity contribution is 6.06. The number of urea groups is 1. The fourth-order valence-corrected chi connectivity index (χ4v) is 1.74. The molecule has 1 aliphatic rings. The Balaban J connectivity index is 2.05. The van der Waals surface area contributed by atoms with Gasteiger partial charge in [0.1, 0.15) is 5.54 Å². The van der Waals surface area contributed by atoms with Crippen molar-refractivity contribution >= 4 is 17.6 Å². The van der Waals surface area contributed by atoms with Gasteiger partial charge in [-0.25, -0.2) is 18.5 Å². The standard InChI is InChI=1S/C12H13F2N3O2/c1-12(2)10(18)17(11(19)16-12)6-15-7-3-4-8(13)9(14)5-7/h3-5,15H,6H2,1-2H3,(H,16,19). The summed E-state index contributed by atoms with van der Waals surface area (Å²) in [7, 11) is 0. The summed E-state index contributed by atoms with van der Waals surface area (Å²) >= 11 is 0. The first-order valence-corrected chi connectivity index (χ1v) is 5.64. The van der Waals surface area contributed by atoms with E-state index in [1.54, 1.807) is 13.8 Å². The van der Waals surface area contributed by atoms with Crippen molar-refractivity contribution in [1.82, 2.24) is 10.2 Å². The Morgan fingerprint density at radius 2 is 1.95 bits per heavy atom. The van der Waals surface area contributed by atoms with Crippen molar-refractivity contribution in [3.8, 4) is 0 Å². The van der Waals surface area contributed by atoms with Crippen LogP contribution in [0.5, 0.6) is 0 Å². The van der Waals surface area contributed by atoms with Gasteiger partial charge in [0.05, 0.1) is 6.67 Å². The largest absolute Gasteiger partial charge is 0.367 e. The zero-order valence-corrected chi connectivity index (χ0v) is 10.5. The number of hydrogen-bond acceptors (Lipinski definition) is 3. The zero-order chi connectivity index (χ0) is 14.2. The maximum absolute atomic E-state index is 13.0. The molecule has 0 aromatic heterocycles. The van der Waals surface area contributed by atoms with Gasteiger partial charge in [-0.3, -0.25) is 4.79 Å². The summed E-state index contributed by atoms with van der Waals surface area (Å²) in [5.41, 5.74) is -0.670.